The van der Waals surface area contributed by atoms with Crippen molar-refractivity contribution in [3.05, 3.63) is 0 Å². The van der Waals surface area contributed by atoms with E-state index in [0.29, 0.717) is 0 Å². The molecule has 0 aromatic carbocycles. The van der Waals surface area contributed by atoms with E-state index in [1.54, 1.807) is 26.0 Å². The summed E-state index contributed by atoms with van der Waals surface area (Å²) in [5.41, 5.74) is 0. The van der Waals surface area contributed by atoms with Gasteiger partial charge in [0.1, 0.15) is 0 Å². The first kappa shape index (κ1) is 27.6. The minimum Gasteiger partial charge on any atom is -0.549 e. The zero-order valence-corrected chi connectivity index (χ0v) is 19.4. The van der Waals surface area contributed by atoms with Crippen molar-refractivity contribution in [2.75, 3.05) is 0 Å². The minimum absolute atomic E-state index is 0. The Hall–Kier alpha value is 0.793. The molecule has 22 heavy (non-hydrogen) atoms. The first-order valence-electron chi connectivity index (χ1n) is 5.92. The van der Waals surface area contributed by atoms with E-state index in [2.05, 4.69) is 10.2 Å². The molecular weight excluding hydrogens is 342 g/mol. The van der Waals surface area contributed by atoms with Crippen LogP contribution in [-0.4, -0.2) is 24.0 Å². The Bertz CT molecular complexity index is 431. The van der Waals surface area contributed by atoms with Crippen LogP contribution in [0.2, 0.25) is 0 Å². The summed E-state index contributed by atoms with van der Waals surface area (Å²) < 4.78 is 0. The van der Waals surface area contributed by atoms with Crippen molar-refractivity contribution in [3.63, 3.8) is 0 Å². The van der Waals surface area contributed by atoms with E-state index in [4.69, 9.17) is 10.5 Å². The number of carboxylic acids is 2. The molecule has 0 saturated carbocycles. The molecule has 8 nitrogen and oxygen atoms in total. The van der Waals surface area contributed by atoms with Crippen LogP contribution in [0.3, 0.4) is 0 Å². The van der Waals surface area contributed by atoms with Gasteiger partial charge in [0.05, 0.1) is 48.0 Å². The maximum Gasteiger partial charge on any atom is 1.00 e. The smallest absolute Gasteiger partial charge is 0.549 e. The van der Waals surface area contributed by atoms with Gasteiger partial charge in [0.2, 0.25) is 0 Å². The van der Waals surface area contributed by atoms with E-state index >= 15 is 0 Å². The largest absolute Gasteiger partial charge is 1.00 e. The number of azo groups is 1. The van der Waals surface area contributed by atoms with Crippen LogP contribution in [-0.2, 0) is 9.59 Å². The van der Waals surface area contributed by atoms with Crippen molar-refractivity contribution < 1.29 is 123 Å². The van der Waals surface area contributed by atoms with Crippen molar-refractivity contribution in [1.29, 1.82) is 10.5 Å². The van der Waals surface area contributed by atoms with Crippen LogP contribution in [0, 0.1) is 34.5 Å². The number of hydrogen-bond donors (Lipinski definition) is 0. The van der Waals surface area contributed by atoms with Gasteiger partial charge in [-0.25, -0.2) is 0 Å². The van der Waals surface area contributed by atoms with Crippen molar-refractivity contribution >= 4 is 11.9 Å². The van der Waals surface area contributed by atoms with Gasteiger partial charge in [-0.15, -0.1) is 0 Å². The molecule has 4 unspecified atom stereocenters. The molecule has 0 aromatic heterocycles. The Morgan fingerprint density at radius 2 is 1.18 bits per heavy atom. The maximum absolute atomic E-state index is 10.5. The molecule has 0 rings (SSSR count). The molecule has 0 amide bonds. The summed E-state index contributed by atoms with van der Waals surface area (Å²) in [4.78, 5) is 21.1. The van der Waals surface area contributed by atoms with E-state index in [9.17, 15) is 19.8 Å². The van der Waals surface area contributed by atoms with E-state index in [1.807, 2.05) is 0 Å². The SMILES string of the molecule is CC(CC(C#N)C(=O)[O-])/N=N/C(C)CC(C#N)C(=O)[O-].[K+].[K+]. The number of aliphatic carboxylic acids is 2. The average Bonchev–Trinajstić information content (AvgIpc) is 2.38. The van der Waals surface area contributed by atoms with Crippen molar-refractivity contribution in [2.24, 2.45) is 22.1 Å². The molecule has 0 N–H and O–H groups in total. The molecule has 4 atom stereocenters. The summed E-state index contributed by atoms with van der Waals surface area (Å²) in [6.45, 7) is 3.15. The normalized spacial score (nSPS) is 15.1. The Morgan fingerprint density at radius 1 is 0.909 bits per heavy atom. The van der Waals surface area contributed by atoms with Gasteiger partial charge < -0.3 is 19.8 Å². The Morgan fingerprint density at radius 3 is 1.36 bits per heavy atom. The maximum atomic E-state index is 10.5. The second-order valence-corrected chi connectivity index (χ2v) is 4.40. The number of carboxylic acid groups (broad SMARTS) is 2. The van der Waals surface area contributed by atoms with Crippen molar-refractivity contribution in [1.82, 2.24) is 0 Å². The number of carbonyl (C=O) groups excluding carboxylic acids is 2. The third-order valence-electron chi connectivity index (χ3n) is 2.50. The van der Waals surface area contributed by atoms with Gasteiger partial charge in [-0.3, -0.25) is 0 Å². The molecule has 0 fully saturated rings. The third-order valence-corrected chi connectivity index (χ3v) is 2.50. The standard InChI is InChI=1S/C12H16N4O4.2K/c1-7(3-9(5-13)11(17)18)15-16-8(2)4-10(6-14)12(19)20;;/h7-10H,3-4H2,1-2H3,(H,17,18)(H,19,20);;/q;2*+1/p-2/b16-15+;;. The van der Waals surface area contributed by atoms with E-state index in [1.165, 1.54) is 0 Å². The average molecular weight is 356 g/mol. The summed E-state index contributed by atoms with van der Waals surface area (Å²) in [7, 11) is 0. The van der Waals surface area contributed by atoms with Crippen LogP contribution >= 0.6 is 0 Å². The molecule has 108 valence electrons. The number of rotatable bonds is 8. The minimum atomic E-state index is -1.47. The van der Waals surface area contributed by atoms with Gasteiger partial charge >= 0.3 is 103 Å². The van der Waals surface area contributed by atoms with E-state index in [0.717, 1.165) is 0 Å². The van der Waals surface area contributed by atoms with Crippen LogP contribution in [0.4, 0.5) is 0 Å². The molecule has 0 saturated heterocycles. The molecule has 0 heterocycles. The van der Waals surface area contributed by atoms with Crippen LogP contribution in [0.25, 0.3) is 0 Å². The Balaban J connectivity index is -0.00000180. The van der Waals surface area contributed by atoms with Crippen LogP contribution in [0.1, 0.15) is 26.7 Å². The number of nitrogens with zero attached hydrogens (tertiary/aromatic N) is 4. The molecule has 0 bridgehead atoms. The molecule has 0 radical (unpaired) electrons. The summed E-state index contributed by atoms with van der Waals surface area (Å²) >= 11 is 0. The van der Waals surface area contributed by atoms with E-state index in [-0.39, 0.29) is 116 Å². The monoisotopic (exact) mass is 356 g/mol. The van der Waals surface area contributed by atoms with Gasteiger partial charge in [-0.2, -0.15) is 20.8 Å². The van der Waals surface area contributed by atoms with Crippen LogP contribution in [0.5, 0.6) is 0 Å². The molecular formula is C12H14K2N4O4. The first-order chi connectivity index (χ1) is 9.31. The Kier molecular flexibility index (Phi) is 19.3. The third kappa shape index (κ3) is 12.2. The van der Waals surface area contributed by atoms with Gasteiger partial charge in [-0.1, -0.05) is 0 Å². The summed E-state index contributed by atoms with van der Waals surface area (Å²) in [6.07, 6.45) is -0.0889. The van der Waals surface area contributed by atoms with Crippen LogP contribution in [0.15, 0.2) is 10.2 Å². The van der Waals surface area contributed by atoms with Crippen LogP contribution < -0.4 is 113 Å². The van der Waals surface area contributed by atoms with Crippen molar-refractivity contribution in [2.45, 2.75) is 38.8 Å². The van der Waals surface area contributed by atoms with Gasteiger partial charge in [0.25, 0.3) is 0 Å². The second-order valence-electron chi connectivity index (χ2n) is 4.40. The van der Waals surface area contributed by atoms with Gasteiger partial charge in [0, 0.05) is 0 Å². The molecule has 0 aliphatic heterocycles. The van der Waals surface area contributed by atoms with E-state index < -0.39 is 35.9 Å². The fourth-order valence-electron chi connectivity index (χ4n) is 1.41. The zero-order valence-electron chi connectivity index (χ0n) is 13.1. The van der Waals surface area contributed by atoms with Gasteiger partial charge in [-0.05, 0) is 26.7 Å². The second kappa shape index (κ2) is 15.3. The molecule has 0 aliphatic carbocycles. The Labute approximate surface area is 214 Å². The summed E-state index contributed by atoms with van der Waals surface area (Å²) in [5, 5.41) is 45.9. The number of nitriles is 2. The van der Waals surface area contributed by atoms with Gasteiger partial charge in [0.15, 0.2) is 0 Å². The topological polar surface area (TPSA) is 153 Å². The number of hydrogen-bond acceptors (Lipinski definition) is 8. The summed E-state index contributed by atoms with van der Waals surface area (Å²) in [5.74, 6) is -5.48. The fourth-order valence-corrected chi connectivity index (χ4v) is 1.41. The molecule has 0 spiro atoms. The predicted molar refractivity (Wildman–Crippen MR) is 61.2 cm³/mol. The zero-order chi connectivity index (χ0) is 15.7. The molecule has 0 aromatic rings. The summed E-state index contributed by atoms with van der Waals surface area (Å²) in [6, 6.07) is 2.12. The first-order valence-corrected chi connectivity index (χ1v) is 5.92. The number of carbonyl (C=O) groups is 2. The fraction of sp³-hybridized carbons (Fsp3) is 0.667. The van der Waals surface area contributed by atoms with Crippen molar-refractivity contribution in [3.8, 4) is 12.1 Å². The molecule has 0 aliphatic rings. The quantitative estimate of drug-likeness (QED) is 0.311. The molecule has 10 heteroatoms. The predicted octanol–water partition coefficient (Wildman–Crippen LogP) is -7.22.